The Bertz CT molecular complexity index is 939. The van der Waals surface area contributed by atoms with Gasteiger partial charge in [-0.3, -0.25) is 5.10 Å². The van der Waals surface area contributed by atoms with Gasteiger partial charge in [0.25, 0.3) is 0 Å². The summed E-state index contributed by atoms with van der Waals surface area (Å²) in [6, 6.07) is 12.7. The molecule has 8 heteroatoms. The highest BCUT2D eigenvalue weighted by molar-refractivity contribution is 7.91. The second-order valence-corrected chi connectivity index (χ2v) is 7.23. The first-order valence-electron chi connectivity index (χ1n) is 6.72. The first-order chi connectivity index (χ1) is 10.9. The van der Waals surface area contributed by atoms with Crippen molar-refractivity contribution in [1.82, 2.24) is 15.2 Å². The highest BCUT2D eigenvalue weighted by Gasteiger charge is 2.19. The number of pyridine rings is 1. The van der Waals surface area contributed by atoms with Crippen molar-refractivity contribution in [2.75, 3.05) is 5.32 Å². The Labute approximate surface area is 138 Å². The van der Waals surface area contributed by atoms with Crippen LogP contribution < -0.4 is 5.32 Å². The molecule has 6 nitrogen and oxygen atoms in total. The monoisotopic (exact) mass is 348 g/mol. The summed E-state index contributed by atoms with van der Waals surface area (Å²) in [5.41, 5.74) is 0.867. The maximum atomic E-state index is 12.7. The second-order valence-electron chi connectivity index (χ2n) is 4.89. The van der Waals surface area contributed by atoms with E-state index in [9.17, 15) is 8.42 Å². The maximum absolute atomic E-state index is 12.7. The van der Waals surface area contributed by atoms with Crippen LogP contribution in [0.3, 0.4) is 0 Å². The SMILES string of the molecule is Cc1cc(Nc2cc(S(=O)(=O)c3ccccc3)cc(Cl)n2)n[nH]1. The quantitative estimate of drug-likeness (QED) is 0.706. The number of nitrogens with zero attached hydrogens (tertiary/aromatic N) is 2. The number of nitrogens with one attached hydrogen (secondary N) is 2. The van der Waals surface area contributed by atoms with Crippen molar-refractivity contribution in [3.63, 3.8) is 0 Å². The number of anilines is 2. The molecule has 0 saturated heterocycles. The van der Waals surface area contributed by atoms with E-state index >= 15 is 0 Å². The van der Waals surface area contributed by atoms with Gasteiger partial charge in [-0.05, 0) is 31.2 Å². The molecule has 0 unspecified atom stereocenters. The molecule has 0 amide bonds. The van der Waals surface area contributed by atoms with Gasteiger partial charge in [-0.2, -0.15) is 5.10 Å². The second kappa shape index (κ2) is 6.02. The summed E-state index contributed by atoms with van der Waals surface area (Å²) in [6.07, 6.45) is 0. The van der Waals surface area contributed by atoms with Gasteiger partial charge in [-0.25, -0.2) is 13.4 Å². The Hall–Kier alpha value is -2.38. The molecular formula is C15H13ClN4O2S. The molecule has 0 saturated carbocycles. The Morgan fingerprint density at radius 2 is 1.78 bits per heavy atom. The van der Waals surface area contributed by atoms with Crippen LogP contribution in [0.15, 0.2) is 58.3 Å². The summed E-state index contributed by atoms with van der Waals surface area (Å²) in [5, 5.41) is 9.81. The lowest BCUT2D eigenvalue weighted by molar-refractivity contribution is 0.596. The minimum atomic E-state index is -3.66. The van der Waals surface area contributed by atoms with Crippen molar-refractivity contribution < 1.29 is 8.42 Å². The van der Waals surface area contributed by atoms with E-state index in [1.165, 1.54) is 24.3 Å². The molecule has 1 aromatic carbocycles. The summed E-state index contributed by atoms with van der Waals surface area (Å²) in [7, 11) is -3.66. The minimum absolute atomic E-state index is 0.0680. The summed E-state index contributed by atoms with van der Waals surface area (Å²) in [5.74, 6) is 0.832. The van der Waals surface area contributed by atoms with Crippen molar-refractivity contribution >= 4 is 33.1 Å². The fourth-order valence-corrected chi connectivity index (χ4v) is 3.64. The van der Waals surface area contributed by atoms with Gasteiger partial charge in [-0.1, -0.05) is 29.8 Å². The summed E-state index contributed by atoms with van der Waals surface area (Å²) < 4.78 is 25.3. The predicted molar refractivity (Wildman–Crippen MR) is 87.7 cm³/mol. The van der Waals surface area contributed by atoms with E-state index in [0.29, 0.717) is 11.6 Å². The maximum Gasteiger partial charge on any atom is 0.206 e. The normalized spacial score (nSPS) is 11.4. The molecule has 23 heavy (non-hydrogen) atoms. The number of aromatic amines is 1. The molecule has 2 aromatic heterocycles. The van der Waals surface area contributed by atoms with E-state index in [4.69, 9.17) is 11.6 Å². The largest absolute Gasteiger partial charge is 0.323 e. The lowest BCUT2D eigenvalue weighted by atomic mass is 10.4. The van der Waals surface area contributed by atoms with Crippen LogP contribution in [0.2, 0.25) is 5.15 Å². The standard InChI is InChI=1S/C15H13ClN4O2S/c1-10-7-15(20-19-10)18-14-9-12(8-13(16)17-14)23(21,22)11-5-3-2-4-6-11/h2-9H,1H3,(H2,17,18,19,20). The number of rotatable bonds is 4. The van der Waals surface area contributed by atoms with Crippen LogP contribution in [0.25, 0.3) is 0 Å². The van der Waals surface area contributed by atoms with Crippen molar-refractivity contribution in [2.45, 2.75) is 16.7 Å². The van der Waals surface area contributed by atoms with Crippen LogP contribution >= 0.6 is 11.6 Å². The third-order valence-corrected chi connectivity index (χ3v) is 5.04. The molecule has 0 radical (unpaired) electrons. The van der Waals surface area contributed by atoms with Gasteiger partial charge < -0.3 is 5.32 Å². The third kappa shape index (κ3) is 3.35. The van der Waals surface area contributed by atoms with E-state index in [1.807, 2.05) is 6.92 Å². The molecule has 3 rings (SSSR count). The average molecular weight is 349 g/mol. The molecule has 2 N–H and O–H groups in total. The topological polar surface area (TPSA) is 87.7 Å². The van der Waals surface area contributed by atoms with Gasteiger partial charge in [0.15, 0.2) is 5.82 Å². The van der Waals surface area contributed by atoms with E-state index < -0.39 is 9.84 Å². The number of hydrogen-bond acceptors (Lipinski definition) is 5. The van der Waals surface area contributed by atoms with Gasteiger partial charge >= 0.3 is 0 Å². The molecule has 0 aliphatic heterocycles. The van der Waals surface area contributed by atoms with Gasteiger partial charge in [0.05, 0.1) is 9.79 Å². The smallest absolute Gasteiger partial charge is 0.206 e. The van der Waals surface area contributed by atoms with Crippen molar-refractivity contribution in [3.05, 3.63) is 59.4 Å². The van der Waals surface area contributed by atoms with E-state index in [1.54, 1.807) is 24.3 Å². The lowest BCUT2D eigenvalue weighted by Crippen LogP contribution is -2.04. The molecule has 2 heterocycles. The molecular weight excluding hydrogens is 336 g/mol. The zero-order valence-corrected chi connectivity index (χ0v) is 13.7. The number of benzene rings is 1. The number of aromatic nitrogens is 3. The Morgan fingerprint density at radius 1 is 1.04 bits per heavy atom. The molecule has 0 atom stereocenters. The average Bonchev–Trinajstić information content (AvgIpc) is 2.92. The predicted octanol–water partition coefficient (Wildman–Crippen LogP) is 3.34. The van der Waals surface area contributed by atoms with Crippen molar-refractivity contribution in [3.8, 4) is 0 Å². The van der Waals surface area contributed by atoms with Crippen LogP contribution in [0.4, 0.5) is 11.6 Å². The van der Waals surface area contributed by atoms with Crippen LogP contribution in [0, 0.1) is 6.92 Å². The van der Waals surface area contributed by atoms with Crippen molar-refractivity contribution in [2.24, 2.45) is 0 Å². The van der Waals surface area contributed by atoms with E-state index in [2.05, 4.69) is 20.5 Å². The number of H-pyrrole nitrogens is 1. The van der Waals surface area contributed by atoms with Crippen LogP contribution in [0.1, 0.15) is 5.69 Å². The molecule has 0 aliphatic carbocycles. The summed E-state index contributed by atoms with van der Waals surface area (Å²) in [6.45, 7) is 1.86. The number of halogens is 1. The minimum Gasteiger partial charge on any atom is -0.323 e. The van der Waals surface area contributed by atoms with Crippen LogP contribution in [-0.4, -0.2) is 23.6 Å². The fraction of sp³-hybridized carbons (Fsp3) is 0.0667. The highest BCUT2D eigenvalue weighted by Crippen LogP contribution is 2.26. The Morgan fingerprint density at radius 3 is 2.43 bits per heavy atom. The molecule has 0 aliphatic rings. The Kier molecular flexibility index (Phi) is 4.06. The first-order valence-corrected chi connectivity index (χ1v) is 8.58. The van der Waals surface area contributed by atoms with E-state index in [-0.39, 0.29) is 14.9 Å². The third-order valence-electron chi connectivity index (χ3n) is 3.09. The molecule has 118 valence electrons. The van der Waals surface area contributed by atoms with Crippen LogP contribution in [-0.2, 0) is 9.84 Å². The van der Waals surface area contributed by atoms with Gasteiger partial charge in [0.2, 0.25) is 9.84 Å². The zero-order chi connectivity index (χ0) is 16.4. The number of hydrogen-bond donors (Lipinski definition) is 2. The highest BCUT2D eigenvalue weighted by atomic mass is 35.5. The van der Waals surface area contributed by atoms with E-state index in [0.717, 1.165) is 5.69 Å². The zero-order valence-electron chi connectivity index (χ0n) is 12.1. The molecule has 0 fully saturated rings. The molecule has 3 aromatic rings. The van der Waals surface area contributed by atoms with Crippen molar-refractivity contribution in [1.29, 1.82) is 0 Å². The first kappa shape index (κ1) is 15.5. The fourth-order valence-electron chi connectivity index (χ4n) is 2.04. The number of aryl methyl sites for hydroxylation is 1. The molecule has 0 spiro atoms. The summed E-state index contributed by atoms with van der Waals surface area (Å²) >= 11 is 5.97. The van der Waals surface area contributed by atoms with Crippen LogP contribution in [0.5, 0.6) is 0 Å². The summed E-state index contributed by atoms with van der Waals surface area (Å²) in [4.78, 5) is 4.35. The Balaban J connectivity index is 2.01. The number of sulfone groups is 1. The van der Waals surface area contributed by atoms with Gasteiger partial charge in [-0.15, -0.1) is 0 Å². The van der Waals surface area contributed by atoms with Gasteiger partial charge in [0.1, 0.15) is 11.0 Å². The lowest BCUT2D eigenvalue weighted by Gasteiger charge is -2.08. The molecule has 0 bridgehead atoms. The van der Waals surface area contributed by atoms with Gasteiger partial charge in [0, 0.05) is 11.8 Å².